The van der Waals surface area contributed by atoms with E-state index in [0.29, 0.717) is 16.3 Å². The molecule has 2 heteroatoms. The lowest BCUT2D eigenvalue weighted by Crippen LogP contribution is -2.57. The van der Waals surface area contributed by atoms with Crippen molar-refractivity contribution in [2.45, 2.75) is 63.3 Å². The van der Waals surface area contributed by atoms with E-state index in [1.165, 1.54) is 43.2 Å². The number of benzene rings is 1. The summed E-state index contributed by atoms with van der Waals surface area (Å²) < 4.78 is 6.35. The Hall–Kier alpha value is -0.500. The number of hydrogen-bond donors (Lipinski definition) is 0. The Bertz CT molecular complexity index is 442. The predicted molar refractivity (Wildman–Crippen MR) is 83.2 cm³/mol. The summed E-state index contributed by atoms with van der Waals surface area (Å²) in [6.07, 6.45) is 8.38. The monoisotopic (exact) mass is 322 g/mol. The van der Waals surface area contributed by atoms with E-state index < -0.39 is 0 Å². The molecule has 2 atom stereocenters. The van der Waals surface area contributed by atoms with Gasteiger partial charge >= 0.3 is 0 Å². The largest absolute Gasteiger partial charge is 0.490 e. The number of hydrogen-bond acceptors (Lipinski definition) is 1. The fourth-order valence-corrected chi connectivity index (χ4v) is 4.97. The average molecular weight is 323 g/mol. The minimum atomic E-state index is 0.413. The van der Waals surface area contributed by atoms with Crippen LogP contribution >= 0.6 is 15.9 Å². The minimum Gasteiger partial charge on any atom is -0.490 e. The van der Waals surface area contributed by atoms with Crippen LogP contribution in [0.3, 0.4) is 0 Å². The Kier molecular flexibility index (Phi) is 3.63. The van der Waals surface area contributed by atoms with Gasteiger partial charge in [-0.15, -0.1) is 0 Å². The van der Waals surface area contributed by atoms with Gasteiger partial charge in [-0.25, -0.2) is 0 Å². The third kappa shape index (κ3) is 2.44. The number of halogens is 1. The van der Waals surface area contributed by atoms with Crippen molar-refractivity contribution in [3.05, 3.63) is 29.3 Å². The Morgan fingerprint density at radius 1 is 1.05 bits per heavy atom. The smallest absolute Gasteiger partial charge is 0.120 e. The van der Waals surface area contributed by atoms with Crippen LogP contribution in [0.5, 0.6) is 5.75 Å². The molecular formula is C17H23BrO. The molecule has 0 aromatic heterocycles. The molecule has 2 aliphatic rings. The van der Waals surface area contributed by atoms with Gasteiger partial charge in [0.25, 0.3) is 0 Å². The highest BCUT2D eigenvalue weighted by atomic mass is 79.9. The Morgan fingerprint density at radius 3 is 2.26 bits per heavy atom. The molecule has 2 unspecified atom stereocenters. The molecule has 2 fully saturated rings. The third-order valence-electron chi connectivity index (χ3n) is 4.94. The zero-order chi connectivity index (χ0) is 13.5. The first kappa shape index (κ1) is 13.5. The normalized spacial score (nSPS) is 29.0. The zero-order valence-electron chi connectivity index (χ0n) is 11.9. The number of alkyl halides is 1. The second-order valence-corrected chi connectivity index (χ2v) is 7.53. The molecule has 0 heterocycles. The van der Waals surface area contributed by atoms with Crippen LogP contribution in [0.2, 0.25) is 0 Å². The van der Waals surface area contributed by atoms with E-state index in [9.17, 15) is 0 Å². The van der Waals surface area contributed by atoms with Gasteiger partial charge in [0.2, 0.25) is 0 Å². The second kappa shape index (κ2) is 5.12. The van der Waals surface area contributed by atoms with Gasteiger partial charge in [0.1, 0.15) is 11.9 Å². The topological polar surface area (TPSA) is 9.23 Å². The zero-order valence-corrected chi connectivity index (χ0v) is 13.5. The highest BCUT2D eigenvalue weighted by Crippen LogP contribution is 2.56. The number of aryl methyl sites for hydroxylation is 2. The molecule has 2 aliphatic carbocycles. The standard InChI is InChI=1S/C17H23BrO/c1-12-8-13(2)10-14(9-12)19-16-11-15(18)17(16)6-4-3-5-7-17/h8-10,15-16H,3-7,11H2,1-2H3. The fraction of sp³-hybridized carbons (Fsp3) is 0.647. The van der Waals surface area contributed by atoms with Gasteiger partial charge in [0, 0.05) is 10.2 Å². The molecule has 1 nitrogen and oxygen atoms in total. The second-order valence-electron chi connectivity index (χ2n) is 6.43. The van der Waals surface area contributed by atoms with E-state index >= 15 is 0 Å². The minimum absolute atomic E-state index is 0.413. The molecule has 2 saturated carbocycles. The first-order valence-corrected chi connectivity index (χ1v) is 8.41. The van der Waals surface area contributed by atoms with Gasteiger partial charge in [0.15, 0.2) is 0 Å². The van der Waals surface area contributed by atoms with Crippen molar-refractivity contribution in [3.63, 3.8) is 0 Å². The van der Waals surface area contributed by atoms with Gasteiger partial charge in [-0.3, -0.25) is 0 Å². The average Bonchev–Trinajstić information content (AvgIpc) is 2.38. The molecule has 0 bridgehead atoms. The highest BCUT2D eigenvalue weighted by Gasteiger charge is 2.55. The van der Waals surface area contributed by atoms with Crippen molar-refractivity contribution in [1.82, 2.24) is 0 Å². The molecule has 0 saturated heterocycles. The summed E-state index contributed by atoms with van der Waals surface area (Å²) in [5.41, 5.74) is 3.00. The van der Waals surface area contributed by atoms with Gasteiger partial charge < -0.3 is 4.74 Å². The summed E-state index contributed by atoms with van der Waals surface area (Å²) in [7, 11) is 0. The Morgan fingerprint density at radius 2 is 1.68 bits per heavy atom. The summed E-state index contributed by atoms with van der Waals surface area (Å²) in [6.45, 7) is 4.29. The molecule has 3 rings (SSSR count). The van der Waals surface area contributed by atoms with Crippen LogP contribution in [-0.2, 0) is 0 Å². The maximum atomic E-state index is 6.35. The van der Waals surface area contributed by atoms with Crippen LogP contribution in [0, 0.1) is 19.3 Å². The fourth-order valence-electron chi connectivity index (χ4n) is 3.87. The van der Waals surface area contributed by atoms with E-state index in [1.54, 1.807) is 0 Å². The first-order valence-electron chi connectivity index (χ1n) is 7.49. The summed E-state index contributed by atoms with van der Waals surface area (Å²) in [6, 6.07) is 6.55. The van der Waals surface area contributed by atoms with E-state index in [4.69, 9.17) is 4.74 Å². The molecule has 0 radical (unpaired) electrons. The van der Waals surface area contributed by atoms with Crippen molar-refractivity contribution in [2.75, 3.05) is 0 Å². The maximum Gasteiger partial charge on any atom is 0.120 e. The van der Waals surface area contributed by atoms with Gasteiger partial charge in [0.05, 0.1) is 0 Å². The molecule has 104 valence electrons. The summed E-state index contributed by atoms with van der Waals surface area (Å²) >= 11 is 3.88. The summed E-state index contributed by atoms with van der Waals surface area (Å²) in [5.74, 6) is 1.06. The van der Waals surface area contributed by atoms with Crippen LogP contribution in [0.1, 0.15) is 49.7 Å². The van der Waals surface area contributed by atoms with Gasteiger partial charge in [-0.2, -0.15) is 0 Å². The summed E-state index contributed by atoms with van der Waals surface area (Å²) in [5, 5.41) is 0. The number of ether oxygens (including phenoxy) is 1. The molecule has 19 heavy (non-hydrogen) atoms. The molecular weight excluding hydrogens is 300 g/mol. The number of rotatable bonds is 2. The Balaban J connectivity index is 1.76. The maximum absolute atomic E-state index is 6.35. The lowest BCUT2D eigenvalue weighted by molar-refractivity contribution is -0.0601. The lowest BCUT2D eigenvalue weighted by Gasteiger charge is -2.55. The Labute approximate surface area is 124 Å². The van der Waals surface area contributed by atoms with E-state index in [-0.39, 0.29) is 0 Å². The highest BCUT2D eigenvalue weighted by molar-refractivity contribution is 9.09. The van der Waals surface area contributed by atoms with Crippen LogP contribution in [-0.4, -0.2) is 10.9 Å². The van der Waals surface area contributed by atoms with E-state index in [1.807, 2.05) is 0 Å². The molecule has 1 aromatic rings. The van der Waals surface area contributed by atoms with Crippen molar-refractivity contribution in [3.8, 4) is 5.75 Å². The third-order valence-corrected chi connectivity index (χ3v) is 6.23. The van der Waals surface area contributed by atoms with Crippen LogP contribution in [0.25, 0.3) is 0 Å². The first-order chi connectivity index (χ1) is 9.10. The molecule has 1 spiro atoms. The molecule has 0 amide bonds. The molecule has 1 aromatic carbocycles. The van der Waals surface area contributed by atoms with Crippen molar-refractivity contribution in [1.29, 1.82) is 0 Å². The van der Waals surface area contributed by atoms with E-state index in [2.05, 4.69) is 48.0 Å². The molecule has 0 aliphatic heterocycles. The van der Waals surface area contributed by atoms with Crippen molar-refractivity contribution < 1.29 is 4.74 Å². The quantitative estimate of drug-likeness (QED) is 0.682. The van der Waals surface area contributed by atoms with Crippen LogP contribution < -0.4 is 4.74 Å². The SMILES string of the molecule is Cc1cc(C)cc(OC2CC(Br)C23CCCCC3)c1. The lowest BCUT2D eigenvalue weighted by atomic mass is 9.58. The van der Waals surface area contributed by atoms with Gasteiger partial charge in [-0.05, 0) is 56.4 Å². The van der Waals surface area contributed by atoms with Crippen molar-refractivity contribution >= 4 is 15.9 Å². The van der Waals surface area contributed by atoms with Gasteiger partial charge in [-0.1, -0.05) is 41.3 Å². The van der Waals surface area contributed by atoms with Crippen LogP contribution in [0.15, 0.2) is 18.2 Å². The van der Waals surface area contributed by atoms with Crippen LogP contribution in [0.4, 0.5) is 0 Å². The summed E-state index contributed by atoms with van der Waals surface area (Å²) in [4.78, 5) is 0.663. The molecule has 0 N–H and O–H groups in total. The van der Waals surface area contributed by atoms with Crippen molar-refractivity contribution in [2.24, 2.45) is 5.41 Å². The predicted octanol–water partition coefficient (Wildman–Crippen LogP) is 5.17. The van der Waals surface area contributed by atoms with E-state index in [0.717, 1.165) is 12.2 Å².